The third-order valence-corrected chi connectivity index (χ3v) is 13.0. The molecule has 0 aromatic rings. The van der Waals surface area contributed by atoms with E-state index in [0.717, 1.165) is 31.3 Å². The highest BCUT2D eigenvalue weighted by Crippen LogP contribution is 2.73. The quantitative estimate of drug-likeness (QED) is 0.140. The van der Waals surface area contributed by atoms with Gasteiger partial charge >= 0.3 is 23.9 Å². The van der Waals surface area contributed by atoms with Gasteiger partial charge < -0.3 is 24.4 Å². The molecule has 2 N–H and O–H groups in total. The Hall–Kier alpha value is -2.68. The van der Waals surface area contributed by atoms with Gasteiger partial charge in [-0.25, -0.2) is 4.79 Å². The highest BCUT2D eigenvalue weighted by molar-refractivity contribution is 5.85. The van der Waals surface area contributed by atoms with Gasteiger partial charge in [0.15, 0.2) is 0 Å². The van der Waals surface area contributed by atoms with Crippen molar-refractivity contribution in [3.8, 4) is 0 Å². The van der Waals surface area contributed by atoms with Crippen LogP contribution in [0.25, 0.3) is 0 Å². The van der Waals surface area contributed by atoms with Crippen LogP contribution in [0.5, 0.6) is 0 Å². The largest absolute Gasteiger partial charge is 0.478 e. The number of allylic oxidation sites excluding steroid dienone is 1. The fourth-order valence-corrected chi connectivity index (χ4v) is 10.4. The van der Waals surface area contributed by atoms with Gasteiger partial charge in [-0.15, -0.1) is 0 Å². The van der Waals surface area contributed by atoms with Crippen LogP contribution in [0.3, 0.4) is 0 Å². The number of ether oxygens (including phenoxy) is 3. The van der Waals surface area contributed by atoms with E-state index in [1.165, 1.54) is 33.3 Å². The summed E-state index contributed by atoms with van der Waals surface area (Å²) in [5, 5.41) is 21.5. The number of esters is 3. The molecule has 4 aliphatic carbocycles. The molecule has 0 amide bonds. The van der Waals surface area contributed by atoms with E-state index >= 15 is 0 Å². The van der Waals surface area contributed by atoms with Gasteiger partial charge in [0.25, 0.3) is 0 Å². The van der Waals surface area contributed by atoms with E-state index in [4.69, 9.17) is 14.2 Å². The van der Waals surface area contributed by atoms with Gasteiger partial charge in [-0.2, -0.15) is 0 Å². The number of rotatable bonds is 8. The minimum atomic E-state index is -1.02. The summed E-state index contributed by atoms with van der Waals surface area (Å²) < 4.78 is 17.8. The minimum absolute atomic E-state index is 0.0471. The molecular weight excluding hydrogens is 576 g/mol. The lowest BCUT2D eigenvalue weighted by Gasteiger charge is -2.63. The second-order valence-corrected chi connectivity index (χ2v) is 15.6. The first-order chi connectivity index (χ1) is 20.7. The zero-order valence-corrected chi connectivity index (χ0v) is 28.8. The number of fused-ring (bicyclic) bond motifs is 4. The Bertz CT molecular complexity index is 1290. The first-order valence-electron chi connectivity index (χ1n) is 16.6. The van der Waals surface area contributed by atoms with Crippen LogP contribution in [0.1, 0.15) is 114 Å². The van der Waals surface area contributed by atoms with Gasteiger partial charge in [-0.05, 0) is 79.6 Å². The van der Waals surface area contributed by atoms with Crippen LogP contribution in [0.2, 0.25) is 0 Å². The SMILES string of the molecule is CC(=O)O[C@@H]1C[C@H]2C(C)(C)[C@H](OC(C)=O)CC[C@@]2(C)C2=C1[C@]1(C)[C@@H](O)C[C@H]([C@@H](C)[C@@H](C/C=C(\C)C(=O)O)OC(C)=O)[C@]1(C)CC2. The van der Waals surface area contributed by atoms with Gasteiger partial charge in [0.2, 0.25) is 0 Å². The van der Waals surface area contributed by atoms with Crippen LogP contribution >= 0.6 is 0 Å². The van der Waals surface area contributed by atoms with E-state index in [1.807, 2.05) is 6.92 Å². The number of hydrogen-bond acceptors (Lipinski definition) is 8. The van der Waals surface area contributed by atoms with Crippen LogP contribution in [0.15, 0.2) is 22.8 Å². The van der Waals surface area contributed by atoms with Crippen molar-refractivity contribution >= 4 is 23.9 Å². The molecule has 2 fully saturated rings. The molecule has 0 heterocycles. The Morgan fingerprint density at radius 3 is 2.11 bits per heavy atom. The predicted molar refractivity (Wildman–Crippen MR) is 168 cm³/mol. The van der Waals surface area contributed by atoms with E-state index in [9.17, 15) is 29.4 Å². The van der Waals surface area contributed by atoms with Gasteiger partial charge in [-0.1, -0.05) is 53.2 Å². The molecular formula is C36H54O9. The molecule has 0 saturated heterocycles. The number of carboxylic acids is 1. The molecule has 4 aliphatic rings. The Morgan fingerprint density at radius 1 is 0.933 bits per heavy atom. The average molecular weight is 631 g/mol. The number of aliphatic hydroxyl groups is 1. The molecule has 9 heteroatoms. The van der Waals surface area contributed by atoms with Crippen molar-refractivity contribution in [2.24, 2.45) is 39.4 Å². The summed E-state index contributed by atoms with van der Waals surface area (Å²) in [6, 6.07) is 0. The standard InChI is InChI=1S/C36H54O9/c1-19(32(41)42)11-12-26(43-21(3)37)20(2)25-17-29(40)36(10)31-24(13-16-35(25,36)9)34(8)15-14-30(45-23(5)39)33(6,7)28(34)18-27(31)44-22(4)38/h11,20,25-30,40H,12-18H2,1-10H3,(H,41,42)/b19-11+/t20-,25-,26-,27-,28+,29+,30-,34+,35+,36+/m1/s1. The first-order valence-corrected chi connectivity index (χ1v) is 16.6. The summed E-state index contributed by atoms with van der Waals surface area (Å²) in [5.41, 5.74) is 0.789. The van der Waals surface area contributed by atoms with Gasteiger partial charge in [0.05, 0.1) is 6.10 Å². The van der Waals surface area contributed by atoms with Gasteiger partial charge in [0, 0.05) is 43.6 Å². The maximum atomic E-state index is 12.6. The Kier molecular flexibility index (Phi) is 9.51. The molecule has 2 saturated carbocycles. The van der Waals surface area contributed by atoms with Crippen LogP contribution in [0, 0.1) is 39.4 Å². The maximum Gasteiger partial charge on any atom is 0.330 e. The van der Waals surface area contributed by atoms with Crippen LogP contribution < -0.4 is 0 Å². The van der Waals surface area contributed by atoms with E-state index < -0.39 is 41.1 Å². The van der Waals surface area contributed by atoms with Gasteiger partial charge in [0.1, 0.15) is 18.3 Å². The highest BCUT2D eigenvalue weighted by atomic mass is 16.6. The van der Waals surface area contributed by atoms with E-state index in [-0.39, 0.29) is 58.6 Å². The molecule has 0 bridgehead atoms. The maximum absolute atomic E-state index is 12.6. The molecule has 0 radical (unpaired) electrons. The molecule has 0 spiro atoms. The molecule has 0 aromatic heterocycles. The highest BCUT2D eigenvalue weighted by Gasteiger charge is 2.69. The molecule has 252 valence electrons. The van der Waals surface area contributed by atoms with Crippen molar-refractivity contribution in [2.75, 3.05) is 0 Å². The second kappa shape index (κ2) is 12.2. The molecule has 9 nitrogen and oxygen atoms in total. The minimum Gasteiger partial charge on any atom is -0.478 e. The third kappa shape index (κ3) is 5.76. The Labute approximate surface area is 268 Å². The lowest BCUT2D eigenvalue weighted by atomic mass is 9.42. The zero-order valence-electron chi connectivity index (χ0n) is 28.8. The number of aliphatic hydroxyl groups excluding tert-OH is 1. The summed E-state index contributed by atoms with van der Waals surface area (Å²) in [6.07, 6.45) is 4.04. The van der Waals surface area contributed by atoms with Crippen molar-refractivity contribution in [3.05, 3.63) is 22.8 Å². The predicted octanol–water partition coefficient (Wildman–Crippen LogP) is 6.17. The van der Waals surface area contributed by atoms with Crippen molar-refractivity contribution in [1.29, 1.82) is 0 Å². The first kappa shape index (κ1) is 35.2. The van der Waals surface area contributed by atoms with Crippen molar-refractivity contribution < 1.29 is 43.6 Å². The zero-order chi connectivity index (χ0) is 33.9. The van der Waals surface area contributed by atoms with E-state index in [2.05, 4.69) is 34.6 Å². The number of hydrogen-bond donors (Lipinski definition) is 2. The second-order valence-electron chi connectivity index (χ2n) is 15.6. The third-order valence-electron chi connectivity index (χ3n) is 13.0. The lowest BCUT2D eigenvalue weighted by Crippen LogP contribution is -2.60. The van der Waals surface area contributed by atoms with E-state index in [1.54, 1.807) is 6.08 Å². The molecule has 45 heavy (non-hydrogen) atoms. The summed E-state index contributed by atoms with van der Waals surface area (Å²) in [4.78, 5) is 48.3. The summed E-state index contributed by atoms with van der Waals surface area (Å²) in [7, 11) is 0. The molecule has 0 aromatic carbocycles. The average Bonchev–Trinajstić information content (AvgIpc) is 3.13. The summed E-state index contributed by atoms with van der Waals surface area (Å²) in [5.74, 6) is -2.24. The monoisotopic (exact) mass is 630 g/mol. The van der Waals surface area contributed by atoms with Crippen molar-refractivity contribution in [3.63, 3.8) is 0 Å². The normalized spacial score (nSPS) is 38.6. The van der Waals surface area contributed by atoms with Crippen molar-refractivity contribution in [2.45, 2.75) is 139 Å². The fraction of sp³-hybridized carbons (Fsp3) is 0.778. The van der Waals surface area contributed by atoms with Crippen molar-refractivity contribution in [1.82, 2.24) is 0 Å². The fourth-order valence-electron chi connectivity index (χ4n) is 10.4. The number of aliphatic carboxylic acids is 1. The molecule has 0 unspecified atom stereocenters. The number of carbonyl (C=O) groups is 4. The lowest BCUT2D eigenvalue weighted by molar-refractivity contribution is -0.173. The molecule has 10 atom stereocenters. The molecule has 0 aliphatic heterocycles. The topological polar surface area (TPSA) is 136 Å². The van der Waals surface area contributed by atoms with Crippen LogP contribution in [-0.4, -0.2) is 58.5 Å². The van der Waals surface area contributed by atoms with Gasteiger partial charge in [-0.3, -0.25) is 14.4 Å². The number of carbonyl (C=O) groups excluding carboxylic acids is 3. The Balaban J connectivity index is 1.81. The number of carboxylic acid groups (broad SMARTS) is 1. The summed E-state index contributed by atoms with van der Waals surface area (Å²) >= 11 is 0. The summed E-state index contributed by atoms with van der Waals surface area (Å²) in [6.45, 7) is 18.8. The van der Waals surface area contributed by atoms with Crippen LogP contribution in [0.4, 0.5) is 0 Å². The van der Waals surface area contributed by atoms with Crippen LogP contribution in [-0.2, 0) is 33.4 Å². The smallest absolute Gasteiger partial charge is 0.330 e. The Morgan fingerprint density at radius 2 is 1.56 bits per heavy atom. The molecule has 4 rings (SSSR count). The van der Waals surface area contributed by atoms with E-state index in [0.29, 0.717) is 12.8 Å².